The van der Waals surface area contributed by atoms with Crippen molar-refractivity contribution in [1.29, 1.82) is 0 Å². The molecule has 182 valence electrons. The summed E-state index contributed by atoms with van der Waals surface area (Å²) >= 11 is 0. The van der Waals surface area contributed by atoms with Crippen molar-refractivity contribution in [2.45, 2.75) is 57.9 Å². The highest BCUT2D eigenvalue weighted by Crippen LogP contribution is 2.44. The highest BCUT2D eigenvalue weighted by Gasteiger charge is 2.29. The van der Waals surface area contributed by atoms with E-state index in [1.54, 1.807) is 13.8 Å². The Morgan fingerprint density at radius 3 is 2.12 bits per heavy atom. The van der Waals surface area contributed by atoms with Crippen molar-refractivity contribution in [2.24, 2.45) is 5.92 Å². The molecule has 0 bridgehead atoms. The van der Waals surface area contributed by atoms with Gasteiger partial charge in [-0.15, -0.1) is 0 Å². The van der Waals surface area contributed by atoms with Gasteiger partial charge in [0.05, 0.1) is 5.92 Å². The van der Waals surface area contributed by atoms with Crippen molar-refractivity contribution in [3.8, 4) is 11.1 Å². The molecule has 1 aliphatic carbocycles. The molecule has 2 unspecified atom stereocenters. The van der Waals surface area contributed by atoms with Gasteiger partial charge in [0.15, 0.2) is 0 Å². The molecule has 3 rings (SSSR count). The SMILES string of the molecule is CC(NC(=O)CCCCCCNC(=O)OCC1c2ccccc2-c2ccccc21)C(C)C(=O)O. The zero-order chi connectivity index (χ0) is 24.5. The fraction of sp³-hybridized carbons (Fsp3) is 0.444. The summed E-state index contributed by atoms with van der Waals surface area (Å²) in [6.07, 6.45) is 3.24. The summed E-state index contributed by atoms with van der Waals surface area (Å²) < 4.78 is 5.53. The van der Waals surface area contributed by atoms with Crippen LogP contribution in [-0.2, 0) is 14.3 Å². The minimum Gasteiger partial charge on any atom is -0.481 e. The summed E-state index contributed by atoms with van der Waals surface area (Å²) in [6.45, 7) is 4.10. The summed E-state index contributed by atoms with van der Waals surface area (Å²) in [4.78, 5) is 35.0. The second kappa shape index (κ2) is 12.2. The van der Waals surface area contributed by atoms with Crippen LogP contribution in [0.1, 0.15) is 63.0 Å². The van der Waals surface area contributed by atoms with Gasteiger partial charge in [-0.1, -0.05) is 61.4 Å². The Labute approximate surface area is 200 Å². The standard InChI is InChI=1S/C27H34N2O5/c1-18(26(31)32)19(2)29-25(30)15-5-3-4-10-16-28-27(33)34-17-24-22-13-8-6-11-20(22)21-12-7-9-14-23(21)24/h6-9,11-14,18-19,24H,3-5,10,15-17H2,1-2H3,(H,28,33)(H,29,30)(H,31,32). The van der Waals surface area contributed by atoms with E-state index in [0.29, 0.717) is 19.6 Å². The Morgan fingerprint density at radius 1 is 0.912 bits per heavy atom. The van der Waals surface area contributed by atoms with Crippen molar-refractivity contribution < 1.29 is 24.2 Å². The average molecular weight is 467 g/mol. The molecule has 0 saturated carbocycles. The van der Waals surface area contributed by atoms with Gasteiger partial charge in [0.1, 0.15) is 6.61 Å². The molecule has 2 aromatic carbocycles. The number of amides is 2. The monoisotopic (exact) mass is 466 g/mol. The number of carbonyl (C=O) groups excluding carboxylic acids is 2. The van der Waals surface area contributed by atoms with Crippen molar-refractivity contribution >= 4 is 18.0 Å². The first kappa shape index (κ1) is 25.3. The molecule has 3 N–H and O–H groups in total. The zero-order valence-corrected chi connectivity index (χ0v) is 19.9. The second-order valence-electron chi connectivity index (χ2n) is 8.90. The van der Waals surface area contributed by atoms with Crippen molar-refractivity contribution in [3.05, 3.63) is 59.7 Å². The average Bonchev–Trinajstić information content (AvgIpc) is 3.15. The lowest BCUT2D eigenvalue weighted by Gasteiger charge is -2.17. The molecule has 0 aromatic heterocycles. The lowest BCUT2D eigenvalue weighted by atomic mass is 9.98. The number of aliphatic carboxylic acids is 1. The van der Waals surface area contributed by atoms with Gasteiger partial charge in [-0.3, -0.25) is 9.59 Å². The predicted molar refractivity (Wildman–Crippen MR) is 131 cm³/mol. The van der Waals surface area contributed by atoms with Crippen molar-refractivity contribution in [3.63, 3.8) is 0 Å². The normalized spacial score (nSPS) is 13.9. The van der Waals surface area contributed by atoms with Crippen LogP contribution in [0.4, 0.5) is 4.79 Å². The smallest absolute Gasteiger partial charge is 0.407 e. The van der Waals surface area contributed by atoms with Gasteiger partial charge in [-0.05, 0) is 48.9 Å². The van der Waals surface area contributed by atoms with E-state index >= 15 is 0 Å². The lowest BCUT2D eigenvalue weighted by Crippen LogP contribution is -2.39. The van der Waals surface area contributed by atoms with Crippen molar-refractivity contribution in [2.75, 3.05) is 13.2 Å². The fourth-order valence-corrected chi connectivity index (χ4v) is 4.27. The Kier molecular flexibility index (Phi) is 9.08. The highest BCUT2D eigenvalue weighted by molar-refractivity contribution is 5.79. The molecule has 7 nitrogen and oxygen atoms in total. The lowest BCUT2D eigenvalue weighted by molar-refractivity contribution is -0.142. The molecule has 0 heterocycles. The van der Waals surface area contributed by atoms with Crippen LogP contribution in [0.5, 0.6) is 0 Å². The highest BCUT2D eigenvalue weighted by atomic mass is 16.5. The van der Waals surface area contributed by atoms with Crippen LogP contribution in [0.2, 0.25) is 0 Å². The third-order valence-electron chi connectivity index (χ3n) is 6.47. The fourth-order valence-electron chi connectivity index (χ4n) is 4.27. The Morgan fingerprint density at radius 2 is 1.50 bits per heavy atom. The number of benzene rings is 2. The number of ether oxygens (including phenoxy) is 1. The van der Waals surface area contributed by atoms with Gasteiger partial charge in [-0.2, -0.15) is 0 Å². The number of rotatable bonds is 12. The number of fused-ring (bicyclic) bond motifs is 3. The molecular weight excluding hydrogens is 432 g/mol. The summed E-state index contributed by atoms with van der Waals surface area (Å²) in [6, 6.07) is 16.1. The van der Waals surface area contributed by atoms with Crippen LogP contribution in [0, 0.1) is 5.92 Å². The van der Waals surface area contributed by atoms with Gasteiger partial charge in [0.25, 0.3) is 0 Å². The van der Waals surface area contributed by atoms with Crippen LogP contribution >= 0.6 is 0 Å². The first-order chi connectivity index (χ1) is 16.4. The first-order valence-electron chi connectivity index (χ1n) is 12.0. The number of hydrogen-bond donors (Lipinski definition) is 3. The number of carboxylic acid groups (broad SMARTS) is 1. The van der Waals surface area contributed by atoms with E-state index in [4.69, 9.17) is 9.84 Å². The molecule has 7 heteroatoms. The van der Waals surface area contributed by atoms with Crippen LogP contribution in [0.25, 0.3) is 11.1 Å². The second-order valence-corrected chi connectivity index (χ2v) is 8.90. The van der Waals surface area contributed by atoms with E-state index in [-0.39, 0.29) is 11.8 Å². The van der Waals surface area contributed by atoms with E-state index < -0.39 is 24.0 Å². The largest absolute Gasteiger partial charge is 0.481 e. The number of carboxylic acids is 1. The van der Waals surface area contributed by atoms with Gasteiger partial charge < -0.3 is 20.5 Å². The summed E-state index contributed by atoms with van der Waals surface area (Å²) in [5.74, 6) is -1.62. The van der Waals surface area contributed by atoms with Crippen LogP contribution < -0.4 is 10.6 Å². The molecular formula is C27H34N2O5. The molecule has 0 saturated heterocycles. The number of alkyl carbamates (subject to hydrolysis) is 1. The Balaban J connectivity index is 1.29. The number of nitrogens with one attached hydrogen (secondary N) is 2. The Hall–Kier alpha value is -3.35. The molecule has 2 amide bonds. The van der Waals surface area contributed by atoms with E-state index in [1.807, 2.05) is 24.3 Å². The van der Waals surface area contributed by atoms with Crippen LogP contribution in [0.3, 0.4) is 0 Å². The number of unbranched alkanes of at least 4 members (excludes halogenated alkanes) is 3. The number of carbonyl (C=O) groups is 3. The quantitative estimate of drug-likeness (QED) is 0.393. The molecule has 2 atom stereocenters. The summed E-state index contributed by atoms with van der Waals surface area (Å²) in [5, 5.41) is 14.5. The van der Waals surface area contributed by atoms with E-state index in [0.717, 1.165) is 25.7 Å². The van der Waals surface area contributed by atoms with Crippen LogP contribution in [-0.4, -0.2) is 42.3 Å². The van der Waals surface area contributed by atoms with Crippen LogP contribution in [0.15, 0.2) is 48.5 Å². The van der Waals surface area contributed by atoms with Gasteiger partial charge >= 0.3 is 12.1 Å². The van der Waals surface area contributed by atoms with E-state index in [2.05, 4.69) is 34.9 Å². The summed E-state index contributed by atoms with van der Waals surface area (Å²) in [7, 11) is 0. The van der Waals surface area contributed by atoms with E-state index in [1.165, 1.54) is 22.3 Å². The number of hydrogen-bond acceptors (Lipinski definition) is 4. The zero-order valence-electron chi connectivity index (χ0n) is 19.9. The maximum absolute atomic E-state index is 12.2. The van der Waals surface area contributed by atoms with Gasteiger partial charge in [0.2, 0.25) is 5.91 Å². The minimum absolute atomic E-state index is 0.0468. The minimum atomic E-state index is -0.920. The van der Waals surface area contributed by atoms with Gasteiger partial charge in [0, 0.05) is 24.9 Å². The maximum atomic E-state index is 12.2. The molecule has 0 aliphatic heterocycles. The van der Waals surface area contributed by atoms with Gasteiger partial charge in [-0.25, -0.2) is 4.79 Å². The predicted octanol–water partition coefficient (Wildman–Crippen LogP) is 4.70. The third-order valence-corrected chi connectivity index (χ3v) is 6.47. The Bertz CT molecular complexity index is 961. The topological polar surface area (TPSA) is 105 Å². The molecule has 0 spiro atoms. The molecule has 0 fully saturated rings. The van der Waals surface area contributed by atoms with Crippen molar-refractivity contribution in [1.82, 2.24) is 10.6 Å². The molecule has 2 aromatic rings. The molecule has 1 aliphatic rings. The van der Waals surface area contributed by atoms with E-state index in [9.17, 15) is 14.4 Å². The molecule has 34 heavy (non-hydrogen) atoms. The molecule has 0 radical (unpaired) electrons. The maximum Gasteiger partial charge on any atom is 0.407 e. The first-order valence-corrected chi connectivity index (χ1v) is 12.0. The third kappa shape index (κ3) is 6.59. The summed E-state index contributed by atoms with van der Waals surface area (Å²) in [5.41, 5.74) is 4.78.